The van der Waals surface area contributed by atoms with Gasteiger partial charge in [-0.25, -0.2) is 0 Å². The van der Waals surface area contributed by atoms with Gasteiger partial charge in [0.1, 0.15) is 5.75 Å². The lowest BCUT2D eigenvalue weighted by molar-refractivity contribution is -0.384. The molecule has 0 N–H and O–H groups in total. The van der Waals surface area contributed by atoms with Gasteiger partial charge in [-0.3, -0.25) is 24.5 Å². The molecular formula is C22H20Cl2N2O7. The number of nitrogens with zero attached hydrogens (tertiary/aromatic N) is 2. The number of rotatable bonds is 9. The van der Waals surface area contributed by atoms with Crippen LogP contribution in [0.3, 0.4) is 0 Å². The number of ether oxygens (including phenoxy) is 2. The third kappa shape index (κ3) is 5.61. The first-order valence-corrected chi connectivity index (χ1v) is 10.9. The van der Waals surface area contributed by atoms with E-state index in [1.165, 1.54) is 42.3 Å². The van der Waals surface area contributed by atoms with Crippen molar-refractivity contribution in [1.29, 1.82) is 0 Å². The molecule has 1 saturated heterocycles. The maximum atomic E-state index is 12.8. The number of non-ortho nitro benzene ring substituents is 1. The number of alkyl halides is 1. The van der Waals surface area contributed by atoms with Crippen molar-refractivity contribution in [1.82, 2.24) is 0 Å². The molecule has 174 valence electrons. The Balaban J connectivity index is 1.74. The number of esters is 1. The lowest BCUT2D eigenvalue weighted by atomic mass is 10.0. The van der Waals surface area contributed by atoms with E-state index in [0.29, 0.717) is 16.3 Å². The summed E-state index contributed by atoms with van der Waals surface area (Å²) in [4.78, 5) is 49.9. The predicted octanol–water partition coefficient (Wildman–Crippen LogP) is 4.03. The van der Waals surface area contributed by atoms with Crippen molar-refractivity contribution in [2.75, 3.05) is 24.4 Å². The van der Waals surface area contributed by atoms with Crippen molar-refractivity contribution in [2.45, 2.75) is 18.9 Å². The molecule has 0 bridgehead atoms. The summed E-state index contributed by atoms with van der Waals surface area (Å²) >= 11 is 11.7. The maximum absolute atomic E-state index is 12.8. The number of nitro groups is 1. The Morgan fingerprint density at radius 3 is 2.55 bits per heavy atom. The maximum Gasteiger partial charge on any atom is 0.312 e. The van der Waals surface area contributed by atoms with E-state index < -0.39 is 28.7 Å². The molecule has 1 fully saturated rings. The first-order chi connectivity index (χ1) is 15.7. The fourth-order valence-corrected chi connectivity index (χ4v) is 3.80. The van der Waals surface area contributed by atoms with Gasteiger partial charge in [-0.15, -0.1) is 11.6 Å². The summed E-state index contributed by atoms with van der Waals surface area (Å²) in [6.07, 6.45) is -1.13. The predicted molar refractivity (Wildman–Crippen MR) is 121 cm³/mol. The number of amides is 1. The number of carbonyl (C=O) groups is 3. The first-order valence-electron chi connectivity index (χ1n) is 9.94. The zero-order valence-corrected chi connectivity index (χ0v) is 19.0. The number of hydrogen-bond acceptors (Lipinski definition) is 7. The molecule has 0 radical (unpaired) electrons. The van der Waals surface area contributed by atoms with Crippen molar-refractivity contribution in [3.63, 3.8) is 0 Å². The van der Waals surface area contributed by atoms with Gasteiger partial charge in [-0.2, -0.15) is 0 Å². The Bertz CT molecular complexity index is 1070. The van der Waals surface area contributed by atoms with E-state index >= 15 is 0 Å². The second-order valence-electron chi connectivity index (χ2n) is 7.29. The number of benzene rings is 2. The largest absolute Gasteiger partial charge is 0.494 e. The zero-order valence-electron chi connectivity index (χ0n) is 17.5. The Hall–Kier alpha value is -3.17. The molecule has 2 atom stereocenters. The third-order valence-corrected chi connectivity index (χ3v) is 5.64. The van der Waals surface area contributed by atoms with Gasteiger partial charge >= 0.3 is 5.97 Å². The van der Waals surface area contributed by atoms with Gasteiger partial charge in [-0.1, -0.05) is 11.6 Å². The van der Waals surface area contributed by atoms with E-state index in [2.05, 4.69) is 0 Å². The summed E-state index contributed by atoms with van der Waals surface area (Å²) in [6.45, 7) is -0.0193. The van der Waals surface area contributed by atoms with Gasteiger partial charge in [0.2, 0.25) is 11.7 Å². The molecule has 2 aromatic rings. The van der Waals surface area contributed by atoms with Crippen molar-refractivity contribution in [3.05, 3.63) is 63.2 Å². The van der Waals surface area contributed by atoms with E-state index in [9.17, 15) is 24.5 Å². The van der Waals surface area contributed by atoms with E-state index in [0.717, 1.165) is 0 Å². The summed E-state index contributed by atoms with van der Waals surface area (Å²) < 4.78 is 10.7. The minimum absolute atomic E-state index is 0.0193. The highest BCUT2D eigenvalue weighted by Crippen LogP contribution is 2.36. The normalized spacial score (nSPS) is 16.4. The third-order valence-electron chi connectivity index (χ3n) is 5.17. The van der Waals surface area contributed by atoms with Crippen LogP contribution in [0.5, 0.6) is 5.75 Å². The second kappa shape index (κ2) is 10.6. The standard InChI is InChI=1S/C22H20Cl2N2O7/c1-32-19-11-16(26(30)31)6-7-17(19)25-12-14(10-20(25)27)22(29)33-18(8-9-23)21(28)13-2-4-15(24)5-3-13/h2-7,11,14,18H,8-10,12H2,1H3/t14-,18-/m1/s1. The Morgan fingerprint density at radius 2 is 1.94 bits per heavy atom. The van der Waals surface area contributed by atoms with Crippen LogP contribution in [0, 0.1) is 16.0 Å². The summed E-state index contributed by atoms with van der Waals surface area (Å²) in [6, 6.07) is 10.0. The molecule has 0 saturated carbocycles. The molecule has 1 aliphatic rings. The quantitative estimate of drug-likeness (QED) is 0.170. The number of carbonyl (C=O) groups excluding carboxylic acids is 3. The summed E-state index contributed by atoms with van der Waals surface area (Å²) in [5, 5.41) is 11.5. The number of ketones is 1. The smallest absolute Gasteiger partial charge is 0.312 e. The molecule has 2 aromatic carbocycles. The van der Waals surface area contributed by atoms with Crippen LogP contribution in [-0.2, 0) is 14.3 Å². The highest BCUT2D eigenvalue weighted by molar-refractivity contribution is 6.30. The fraction of sp³-hybridized carbons (Fsp3) is 0.318. The van der Waals surface area contributed by atoms with Gasteiger partial charge in [-0.05, 0) is 30.3 Å². The van der Waals surface area contributed by atoms with Crippen LogP contribution in [0.1, 0.15) is 23.2 Å². The topological polar surface area (TPSA) is 116 Å². The van der Waals surface area contributed by atoms with Gasteiger partial charge in [0.05, 0.1) is 29.7 Å². The monoisotopic (exact) mass is 494 g/mol. The second-order valence-corrected chi connectivity index (χ2v) is 8.11. The van der Waals surface area contributed by atoms with E-state index in [4.69, 9.17) is 32.7 Å². The molecule has 0 unspecified atom stereocenters. The highest BCUT2D eigenvalue weighted by Gasteiger charge is 2.39. The van der Waals surface area contributed by atoms with Gasteiger partial charge in [0.25, 0.3) is 5.69 Å². The van der Waals surface area contributed by atoms with Gasteiger partial charge in [0.15, 0.2) is 6.10 Å². The van der Waals surface area contributed by atoms with Crippen LogP contribution in [-0.4, -0.2) is 48.2 Å². The number of Topliss-reactive ketones (excluding diaryl/α,β-unsaturated/α-hetero) is 1. The zero-order chi connectivity index (χ0) is 24.1. The van der Waals surface area contributed by atoms with Crippen LogP contribution in [0.4, 0.5) is 11.4 Å². The van der Waals surface area contributed by atoms with E-state index in [1.54, 1.807) is 12.1 Å². The van der Waals surface area contributed by atoms with Gasteiger partial charge in [0, 0.05) is 41.9 Å². The van der Waals surface area contributed by atoms with Crippen LogP contribution >= 0.6 is 23.2 Å². The number of anilines is 1. The SMILES string of the molecule is COc1cc([N+](=O)[O-])ccc1N1C[C@H](C(=O)O[C@H](CCCl)C(=O)c2ccc(Cl)cc2)CC1=O. The Kier molecular flexibility index (Phi) is 7.88. The Labute approximate surface area is 199 Å². The number of nitro benzene ring substituents is 1. The van der Waals surface area contributed by atoms with Gasteiger partial charge < -0.3 is 14.4 Å². The molecule has 33 heavy (non-hydrogen) atoms. The lowest BCUT2D eigenvalue weighted by Crippen LogP contribution is -2.32. The van der Waals surface area contributed by atoms with E-state index in [1.807, 2.05) is 0 Å². The van der Waals surface area contributed by atoms with Crippen LogP contribution in [0.15, 0.2) is 42.5 Å². The van der Waals surface area contributed by atoms with Crippen LogP contribution < -0.4 is 9.64 Å². The average Bonchev–Trinajstić information content (AvgIpc) is 3.19. The molecule has 1 amide bonds. The molecule has 1 heterocycles. The average molecular weight is 495 g/mol. The molecular weight excluding hydrogens is 475 g/mol. The van der Waals surface area contributed by atoms with Crippen molar-refractivity contribution in [3.8, 4) is 5.75 Å². The minimum Gasteiger partial charge on any atom is -0.494 e. The van der Waals surface area contributed by atoms with Crippen molar-refractivity contribution >= 4 is 52.2 Å². The number of hydrogen-bond donors (Lipinski definition) is 0. The summed E-state index contributed by atoms with van der Waals surface area (Å²) in [5.41, 5.74) is 0.433. The van der Waals surface area contributed by atoms with Crippen molar-refractivity contribution in [2.24, 2.45) is 5.92 Å². The Morgan fingerprint density at radius 1 is 1.24 bits per heavy atom. The molecule has 3 rings (SSSR count). The summed E-state index contributed by atoms with van der Waals surface area (Å²) in [5.74, 6) is -2.10. The molecule has 0 aromatic heterocycles. The van der Waals surface area contributed by atoms with Crippen LogP contribution in [0.2, 0.25) is 5.02 Å². The lowest BCUT2D eigenvalue weighted by Gasteiger charge is -2.20. The molecule has 1 aliphatic heterocycles. The minimum atomic E-state index is -1.10. The summed E-state index contributed by atoms with van der Waals surface area (Å²) in [7, 11) is 1.33. The first kappa shape index (κ1) is 24.5. The number of methoxy groups -OCH3 is 1. The molecule has 11 heteroatoms. The molecule has 0 aliphatic carbocycles. The number of halogens is 2. The van der Waals surface area contributed by atoms with Crippen molar-refractivity contribution < 1.29 is 28.8 Å². The fourth-order valence-electron chi connectivity index (χ4n) is 3.48. The van der Waals surface area contributed by atoms with E-state index in [-0.39, 0.29) is 42.6 Å². The molecule has 9 nitrogen and oxygen atoms in total. The molecule has 0 spiro atoms. The highest BCUT2D eigenvalue weighted by atomic mass is 35.5. The van der Waals surface area contributed by atoms with Crippen LogP contribution in [0.25, 0.3) is 0 Å².